The highest BCUT2D eigenvalue weighted by molar-refractivity contribution is 5.97. The number of carbonyl (C=O) groups is 1. The molecular weight excluding hydrogens is 274 g/mol. The molecule has 1 atom stereocenters. The predicted molar refractivity (Wildman–Crippen MR) is 89.7 cm³/mol. The molecule has 1 amide bonds. The SMILES string of the molecule is C#CCN1CCCCC1C(=O)Nc1ccc2[nH]c(C)cc2c1. The first-order valence-electron chi connectivity index (χ1n) is 7.75. The monoisotopic (exact) mass is 295 g/mol. The van der Waals surface area contributed by atoms with Gasteiger partial charge in [-0.25, -0.2) is 0 Å². The van der Waals surface area contributed by atoms with Crippen molar-refractivity contribution >= 4 is 22.5 Å². The molecule has 1 unspecified atom stereocenters. The van der Waals surface area contributed by atoms with Crippen molar-refractivity contribution in [3.63, 3.8) is 0 Å². The summed E-state index contributed by atoms with van der Waals surface area (Å²) in [4.78, 5) is 17.9. The molecule has 1 saturated heterocycles. The maximum atomic E-state index is 12.6. The highest BCUT2D eigenvalue weighted by Gasteiger charge is 2.28. The topological polar surface area (TPSA) is 48.1 Å². The number of nitrogens with zero attached hydrogens (tertiary/aromatic N) is 1. The summed E-state index contributed by atoms with van der Waals surface area (Å²) in [7, 11) is 0. The van der Waals surface area contributed by atoms with Crippen LogP contribution < -0.4 is 5.32 Å². The van der Waals surface area contributed by atoms with Gasteiger partial charge in [0.25, 0.3) is 0 Å². The molecule has 2 N–H and O–H groups in total. The number of carbonyl (C=O) groups excluding carboxylic acids is 1. The van der Waals surface area contributed by atoms with Crippen molar-refractivity contribution in [3.8, 4) is 12.3 Å². The number of anilines is 1. The molecule has 1 aliphatic heterocycles. The molecule has 1 aromatic carbocycles. The third-order valence-electron chi connectivity index (χ3n) is 4.23. The molecular formula is C18H21N3O. The molecule has 114 valence electrons. The van der Waals surface area contributed by atoms with E-state index in [2.05, 4.69) is 27.2 Å². The number of rotatable bonds is 3. The molecule has 0 bridgehead atoms. The normalized spacial score (nSPS) is 19.0. The number of hydrogen-bond donors (Lipinski definition) is 2. The van der Waals surface area contributed by atoms with Gasteiger partial charge >= 0.3 is 0 Å². The van der Waals surface area contributed by atoms with E-state index in [0.717, 1.165) is 48.1 Å². The van der Waals surface area contributed by atoms with E-state index < -0.39 is 0 Å². The van der Waals surface area contributed by atoms with Crippen LogP contribution in [-0.4, -0.2) is 34.9 Å². The van der Waals surface area contributed by atoms with Gasteiger partial charge in [0.05, 0.1) is 12.6 Å². The fraction of sp³-hybridized carbons (Fsp3) is 0.389. The number of likely N-dealkylation sites (tertiary alicyclic amines) is 1. The van der Waals surface area contributed by atoms with Crippen LogP contribution >= 0.6 is 0 Å². The van der Waals surface area contributed by atoms with Gasteiger partial charge in [0.2, 0.25) is 5.91 Å². The number of aryl methyl sites for hydroxylation is 1. The van der Waals surface area contributed by atoms with Gasteiger partial charge in [-0.2, -0.15) is 0 Å². The minimum absolute atomic E-state index is 0.0431. The lowest BCUT2D eigenvalue weighted by molar-refractivity contribution is -0.122. The van der Waals surface area contributed by atoms with E-state index >= 15 is 0 Å². The van der Waals surface area contributed by atoms with Crippen molar-refractivity contribution < 1.29 is 4.79 Å². The molecule has 1 fully saturated rings. The summed E-state index contributed by atoms with van der Waals surface area (Å²) in [5, 5.41) is 4.15. The predicted octanol–water partition coefficient (Wildman–Crippen LogP) is 2.90. The second-order valence-corrected chi connectivity index (χ2v) is 5.93. The number of aromatic nitrogens is 1. The lowest BCUT2D eigenvalue weighted by Crippen LogP contribution is -2.47. The van der Waals surface area contributed by atoms with E-state index in [0.29, 0.717) is 6.54 Å². The molecule has 0 spiro atoms. The van der Waals surface area contributed by atoms with Gasteiger partial charge in [0, 0.05) is 22.3 Å². The van der Waals surface area contributed by atoms with Crippen LogP contribution in [0.2, 0.25) is 0 Å². The van der Waals surface area contributed by atoms with Gasteiger partial charge in [0.15, 0.2) is 0 Å². The Bertz CT molecular complexity index is 725. The molecule has 2 aromatic rings. The summed E-state index contributed by atoms with van der Waals surface area (Å²) < 4.78 is 0. The number of terminal acetylenes is 1. The number of benzene rings is 1. The first-order chi connectivity index (χ1) is 10.7. The van der Waals surface area contributed by atoms with E-state index in [1.54, 1.807) is 0 Å². The van der Waals surface area contributed by atoms with E-state index in [1.807, 2.05) is 25.1 Å². The van der Waals surface area contributed by atoms with Crippen LogP contribution in [0.3, 0.4) is 0 Å². The van der Waals surface area contributed by atoms with Crippen LogP contribution in [0.1, 0.15) is 25.0 Å². The number of nitrogens with one attached hydrogen (secondary N) is 2. The maximum absolute atomic E-state index is 12.6. The minimum Gasteiger partial charge on any atom is -0.359 e. The first kappa shape index (κ1) is 14.7. The molecule has 4 nitrogen and oxygen atoms in total. The number of H-pyrrole nitrogens is 1. The van der Waals surface area contributed by atoms with Gasteiger partial charge in [-0.05, 0) is 50.6 Å². The lowest BCUT2D eigenvalue weighted by atomic mass is 10.0. The zero-order chi connectivity index (χ0) is 15.5. The highest BCUT2D eigenvalue weighted by atomic mass is 16.2. The molecule has 0 radical (unpaired) electrons. The Morgan fingerprint density at radius 1 is 1.45 bits per heavy atom. The average Bonchev–Trinajstić information content (AvgIpc) is 2.87. The van der Waals surface area contributed by atoms with Gasteiger partial charge in [0.1, 0.15) is 0 Å². The Morgan fingerprint density at radius 3 is 3.14 bits per heavy atom. The smallest absolute Gasteiger partial charge is 0.241 e. The molecule has 0 saturated carbocycles. The lowest BCUT2D eigenvalue weighted by Gasteiger charge is -2.33. The number of amides is 1. The fourth-order valence-electron chi connectivity index (χ4n) is 3.18. The molecule has 4 heteroatoms. The van der Waals surface area contributed by atoms with E-state index in [1.165, 1.54) is 0 Å². The Balaban J connectivity index is 1.75. The Hall–Kier alpha value is -2.25. The van der Waals surface area contributed by atoms with Crippen LogP contribution in [0.15, 0.2) is 24.3 Å². The van der Waals surface area contributed by atoms with Gasteiger partial charge in [-0.3, -0.25) is 9.69 Å². The second-order valence-electron chi connectivity index (χ2n) is 5.93. The number of piperidine rings is 1. The van der Waals surface area contributed by atoms with Crippen molar-refractivity contribution in [2.24, 2.45) is 0 Å². The molecule has 2 heterocycles. The highest BCUT2D eigenvalue weighted by Crippen LogP contribution is 2.22. The Morgan fingerprint density at radius 2 is 2.32 bits per heavy atom. The third-order valence-corrected chi connectivity index (χ3v) is 4.23. The molecule has 22 heavy (non-hydrogen) atoms. The summed E-state index contributed by atoms with van der Waals surface area (Å²) in [5.41, 5.74) is 3.04. The Kier molecular flexibility index (Phi) is 4.17. The second kappa shape index (κ2) is 6.25. The largest absolute Gasteiger partial charge is 0.359 e. The zero-order valence-corrected chi connectivity index (χ0v) is 12.9. The number of hydrogen-bond acceptors (Lipinski definition) is 2. The van der Waals surface area contributed by atoms with Crippen LogP contribution in [0.25, 0.3) is 10.9 Å². The van der Waals surface area contributed by atoms with Crippen molar-refractivity contribution in [2.45, 2.75) is 32.2 Å². The third kappa shape index (κ3) is 3.00. The summed E-state index contributed by atoms with van der Waals surface area (Å²) in [6.07, 6.45) is 8.48. The van der Waals surface area contributed by atoms with Gasteiger partial charge in [-0.1, -0.05) is 12.3 Å². The maximum Gasteiger partial charge on any atom is 0.241 e. The molecule has 0 aliphatic carbocycles. The summed E-state index contributed by atoms with van der Waals surface area (Å²) in [5.74, 6) is 2.70. The van der Waals surface area contributed by atoms with Crippen LogP contribution in [-0.2, 0) is 4.79 Å². The first-order valence-corrected chi connectivity index (χ1v) is 7.75. The van der Waals surface area contributed by atoms with Crippen LogP contribution in [0.5, 0.6) is 0 Å². The van der Waals surface area contributed by atoms with E-state index in [9.17, 15) is 4.79 Å². The average molecular weight is 295 g/mol. The fourth-order valence-corrected chi connectivity index (χ4v) is 3.18. The van der Waals surface area contributed by atoms with Crippen molar-refractivity contribution in [1.29, 1.82) is 0 Å². The van der Waals surface area contributed by atoms with Crippen molar-refractivity contribution in [2.75, 3.05) is 18.4 Å². The molecule has 3 rings (SSSR count). The van der Waals surface area contributed by atoms with Gasteiger partial charge in [-0.15, -0.1) is 6.42 Å². The quantitative estimate of drug-likeness (QED) is 0.855. The summed E-state index contributed by atoms with van der Waals surface area (Å²) in [6.45, 7) is 3.46. The van der Waals surface area contributed by atoms with E-state index in [-0.39, 0.29) is 11.9 Å². The zero-order valence-electron chi connectivity index (χ0n) is 12.9. The minimum atomic E-state index is -0.117. The van der Waals surface area contributed by atoms with E-state index in [4.69, 9.17) is 6.42 Å². The van der Waals surface area contributed by atoms with Crippen molar-refractivity contribution in [3.05, 3.63) is 30.0 Å². The standard InChI is InChI=1S/C18H21N3O/c1-3-9-21-10-5-4-6-17(21)18(22)20-15-7-8-16-14(12-15)11-13(2)19-16/h1,7-8,11-12,17,19H,4-6,9-10H2,2H3,(H,20,22). The van der Waals surface area contributed by atoms with Crippen LogP contribution in [0, 0.1) is 19.3 Å². The van der Waals surface area contributed by atoms with Crippen molar-refractivity contribution in [1.82, 2.24) is 9.88 Å². The Labute approximate surface area is 130 Å². The van der Waals surface area contributed by atoms with Gasteiger partial charge < -0.3 is 10.3 Å². The summed E-state index contributed by atoms with van der Waals surface area (Å²) in [6, 6.07) is 7.90. The van der Waals surface area contributed by atoms with Crippen LogP contribution in [0.4, 0.5) is 5.69 Å². The molecule has 1 aliphatic rings. The summed E-state index contributed by atoms with van der Waals surface area (Å²) >= 11 is 0. The number of fused-ring (bicyclic) bond motifs is 1. The molecule has 1 aromatic heterocycles. The number of aromatic amines is 1.